The summed E-state index contributed by atoms with van der Waals surface area (Å²) in [4.78, 5) is 23.8. The summed E-state index contributed by atoms with van der Waals surface area (Å²) >= 11 is 0. The first-order valence-corrected chi connectivity index (χ1v) is 6.36. The predicted octanol–water partition coefficient (Wildman–Crippen LogP) is 1.02. The van der Waals surface area contributed by atoms with Crippen molar-refractivity contribution in [3.63, 3.8) is 0 Å². The van der Waals surface area contributed by atoms with E-state index in [1.54, 1.807) is 11.9 Å². The van der Waals surface area contributed by atoms with Crippen LogP contribution < -0.4 is 5.73 Å². The molecule has 20 heavy (non-hydrogen) atoms. The van der Waals surface area contributed by atoms with Gasteiger partial charge in [0.1, 0.15) is 5.69 Å². The van der Waals surface area contributed by atoms with Crippen LogP contribution in [0.4, 0.5) is 11.4 Å². The van der Waals surface area contributed by atoms with E-state index in [-0.39, 0.29) is 23.4 Å². The third-order valence-electron chi connectivity index (χ3n) is 3.56. The fraction of sp³-hybridized carbons (Fsp3) is 0.462. The van der Waals surface area contributed by atoms with Crippen molar-refractivity contribution in [1.29, 1.82) is 0 Å². The Morgan fingerprint density at radius 1 is 1.55 bits per heavy atom. The zero-order chi connectivity index (χ0) is 14.9. The van der Waals surface area contributed by atoms with Crippen molar-refractivity contribution < 1.29 is 14.8 Å². The predicted molar refractivity (Wildman–Crippen MR) is 73.2 cm³/mol. The Bertz CT molecular complexity index is 540. The summed E-state index contributed by atoms with van der Waals surface area (Å²) in [6, 6.07) is 3.97. The van der Waals surface area contributed by atoms with Gasteiger partial charge in [-0.25, -0.2) is 0 Å². The summed E-state index contributed by atoms with van der Waals surface area (Å²) in [5.41, 5.74) is 5.68. The normalized spacial score (nSPS) is 21.1. The summed E-state index contributed by atoms with van der Waals surface area (Å²) in [6.45, 7) is 0.562. The SMILES string of the molecule is CN(CC1CC(O)C1)C(=O)c1ccc([N+](=O)[O-])c(N)c1. The number of benzene rings is 1. The van der Waals surface area contributed by atoms with Crippen molar-refractivity contribution in [2.24, 2.45) is 5.92 Å². The lowest BCUT2D eigenvalue weighted by atomic mass is 9.82. The minimum atomic E-state index is -0.580. The van der Waals surface area contributed by atoms with Crippen LogP contribution in [-0.2, 0) is 0 Å². The van der Waals surface area contributed by atoms with Gasteiger partial charge in [0.15, 0.2) is 0 Å². The van der Waals surface area contributed by atoms with Crippen molar-refractivity contribution in [1.82, 2.24) is 4.90 Å². The number of anilines is 1. The van der Waals surface area contributed by atoms with E-state index < -0.39 is 4.92 Å². The molecule has 3 N–H and O–H groups in total. The van der Waals surface area contributed by atoms with E-state index in [9.17, 15) is 20.0 Å². The maximum Gasteiger partial charge on any atom is 0.292 e. The molecule has 0 saturated heterocycles. The number of nitrogens with two attached hydrogens (primary N) is 1. The molecule has 1 aliphatic carbocycles. The van der Waals surface area contributed by atoms with Gasteiger partial charge in [0, 0.05) is 25.2 Å². The van der Waals surface area contributed by atoms with Crippen molar-refractivity contribution in [2.45, 2.75) is 18.9 Å². The van der Waals surface area contributed by atoms with E-state index in [1.165, 1.54) is 18.2 Å². The molecule has 0 bridgehead atoms. The molecule has 0 aromatic heterocycles. The van der Waals surface area contributed by atoms with E-state index in [0.29, 0.717) is 30.9 Å². The highest BCUT2D eigenvalue weighted by molar-refractivity contribution is 5.95. The number of nitro benzene ring substituents is 1. The maximum absolute atomic E-state index is 12.2. The van der Waals surface area contributed by atoms with Gasteiger partial charge in [-0.15, -0.1) is 0 Å². The Kier molecular flexibility index (Phi) is 3.89. The van der Waals surface area contributed by atoms with Crippen molar-refractivity contribution >= 4 is 17.3 Å². The fourth-order valence-corrected chi connectivity index (χ4v) is 2.39. The van der Waals surface area contributed by atoms with Crippen molar-refractivity contribution in [2.75, 3.05) is 19.3 Å². The molecule has 0 radical (unpaired) electrons. The average molecular weight is 279 g/mol. The highest BCUT2D eigenvalue weighted by Crippen LogP contribution is 2.28. The molecule has 0 heterocycles. The number of carbonyl (C=O) groups is 1. The second kappa shape index (κ2) is 5.46. The van der Waals surface area contributed by atoms with Gasteiger partial charge < -0.3 is 15.7 Å². The number of nitro groups is 1. The zero-order valence-electron chi connectivity index (χ0n) is 11.2. The summed E-state index contributed by atoms with van der Waals surface area (Å²) in [7, 11) is 1.67. The third kappa shape index (κ3) is 2.88. The molecular weight excluding hydrogens is 262 g/mol. The molecule has 1 aromatic rings. The summed E-state index contributed by atoms with van der Waals surface area (Å²) < 4.78 is 0. The largest absolute Gasteiger partial charge is 0.393 e. The molecule has 2 rings (SSSR count). The summed E-state index contributed by atoms with van der Waals surface area (Å²) in [5, 5.41) is 19.9. The molecule has 0 spiro atoms. The van der Waals surface area contributed by atoms with Gasteiger partial charge in [0.05, 0.1) is 11.0 Å². The zero-order valence-corrected chi connectivity index (χ0v) is 11.2. The molecule has 0 aliphatic heterocycles. The number of hydrogen-bond donors (Lipinski definition) is 2. The van der Waals surface area contributed by atoms with Gasteiger partial charge >= 0.3 is 0 Å². The first-order valence-electron chi connectivity index (χ1n) is 6.36. The molecule has 1 aromatic carbocycles. The van der Waals surface area contributed by atoms with Crippen LogP contribution in [0.1, 0.15) is 23.2 Å². The molecule has 7 heteroatoms. The number of amides is 1. The van der Waals surface area contributed by atoms with E-state index >= 15 is 0 Å². The minimum absolute atomic E-state index is 0.0201. The lowest BCUT2D eigenvalue weighted by molar-refractivity contribution is -0.383. The average Bonchev–Trinajstić information content (AvgIpc) is 2.35. The van der Waals surface area contributed by atoms with Crippen LogP contribution >= 0.6 is 0 Å². The molecular formula is C13H17N3O4. The Labute approximate surface area is 116 Å². The maximum atomic E-state index is 12.2. The summed E-state index contributed by atoms with van der Waals surface area (Å²) in [5.74, 6) is 0.0855. The lowest BCUT2D eigenvalue weighted by Crippen LogP contribution is -2.39. The fourth-order valence-electron chi connectivity index (χ4n) is 2.39. The number of nitrogens with zero attached hydrogens (tertiary/aromatic N) is 2. The standard InChI is InChI=1S/C13H17N3O4/c1-15(7-8-4-10(17)5-8)13(18)9-2-3-12(16(19)20)11(14)6-9/h2-3,6,8,10,17H,4-5,7,14H2,1H3. The van der Waals surface area contributed by atoms with Gasteiger partial charge in [-0.2, -0.15) is 0 Å². The Balaban J connectivity index is 2.05. The Morgan fingerprint density at radius 3 is 2.70 bits per heavy atom. The second-order valence-corrected chi connectivity index (χ2v) is 5.21. The molecule has 7 nitrogen and oxygen atoms in total. The number of hydrogen-bond acceptors (Lipinski definition) is 5. The summed E-state index contributed by atoms with van der Waals surface area (Å²) in [6.07, 6.45) is 1.17. The van der Waals surface area contributed by atoms with Gasteiger partial charge in [-0.05, 0) is 30.9 Å². The number of aliphatic hydroxyl groups is 1. The van der Waals surface area contributed by atoms with Crippen molar-refractivity contribution in [3.05, 3.63) is 33.9 Å². The molecule has 0 unspecified atom stereocenters. The highest BCUT2D eigenvalue weighted by atomic mass is 16.6. The van der Waals surface area contributed by atoms with E-state index in [1.807, 2.05) is 0 Å². The smallest absolute Gasteiger partial charge is 0.292 e. The highest BCUT2D eigenvalue weighted by Gasteiger charge is 2.29. The van der Waals surface area contributed by atoms with Gasteiger partial charge in [-0.1, -0.05) is 0 Å². The number of nitrogen functional groups attached to an aromatic ring is 1. The number of carbonyl (C=O) groups excluding carboxylic acids is 1. The first kappa shape index (κ1) is 14.3. The third-order valence-corrected chi connectivity index (χ3v) is 3.56. The number of aliphatic hydroxyl groups excluding tert-OH is 1. The molecule has 0 atom stereocenters. The Morgan fingerprint density at radius 2 is 2.20 bits per heavy atom. The lowest BCUT2D eigenvalue weighted by Gasteiger charge is -2.34. The van der Waals surface area contributed by atoms with E-state index in [0.717, 1.165) is 0 Å². The molecule has 1 saturated carbocycles. The number of rotatable bonds is 4. The Hall–Kier alpha value is -2.15. The topological polar surface area (TPSA) is 110 Å². The van der Waals surface area contributed by atoms with Gasteiger partial charge in [-0.3, -0.25) is 14.9 Å². The quantitative estimate of drug-likeness (QED) is 0.485. The molecule has 1 fully saturated rings. The van der Waals surface area contributed by atoms with Gasteiger partial charge in [0.2, 0.25) is 0 Å². The van der Waals surface area contributed by atoms with Crippen LogP contribution in [-0.4, -0.2) is 40.5 Å². The van der Waals surface area contributed by atoms with Crippen LogP contribution in [0.15, 0.2) is 18.2 Å². The van der Waals surface area contributed by atoms with Crippen LogP contribution in [0, 0.1) is 16.0 Å². The first-order chi connectivity index (χ1) is 9.38. The second-order valence-electron chi connectivity index (χ2n) is 5.21. The van der Waals surface area contributed by atoms with Crippen LogP contribution in [0.25, 0.3) is 0 Å². The van der Waals surface area contributed by atoms with Crippen molar-refractivity contribution in [3.8, 4) is 0 Å². The molecule has 1 amide bonds. The van der Waals surface area contributed by atoms with Gasteiger partial charge in [0.25, 0.3) is 11.6 Å². The molecule has 108 valence electrons. The molecule has 1 aliphatic rings. The van der Waals surface area contributed by atoms with Crippen LogP contribution in [0.5, 0.6) is 0 Å². The van der Waals surface area contributed by atoms with E-state index in [2.05, 4.69) is 0 Å². The van der Waals surface area contributed by atoms with Crippen LogP contribution in [0.2, 0.25) is 0 Å². The minimum Gasteiger partial charge on any atom is -0.393 e. The monoisotopic (exact) mass is 279 g/mol. The van der Waals surface area contributed by atoms with Crippen LogP contribution in [0.3, 0.4) is 0 Å². The van der Waals surface area contributed by atoms with E-state index in [4.69, 9.17) is 5.73 Å².